The van der Waals surface area contributed by atoms with Gasteiger partial charge < -0.3 is 10.2 Å². The number of non-ortho nitro benzene ring substituents is 1. The van der Waals surface area contributed by atoms with Gasteiger partial charge in [0.25, 0.3) is 5.69 Å². The zero-order valence-corrected chi connectivity index (χ0v) is 11.0. The number of rotatable bonds is 4. The molecule has 0 unspecified atom stereocenters. The van der Waals surface area contributed by atoms with Crippen LogP contribution in [0.15, 0.2) is 45.9 Å². The van der Waals surface area contributed by atoms with E-state index in [1.54, 1.807) is 24.3 Å². The number of hydrazone groups is 1. The number of nitrogens with zero attached hydrogens (tertiary/aromatic N) is 2. The van der Waals surface area contributed by atoms with Crippen LogP contribution in [-0.2, 0) is 0 Å². The average Bonchev–Trinajstić information content (AvgIpc) is 2.87. The first-order chi connectivity index (χ1) is 9.56. The number of nitro benzene ring substituents is 1. The molecule has 2 aromatic rings. The van der Waals surface area contributed by atoms with Crippen molar-refractivity contribution in [3.05, 3.63) is 52.3 Å². The molecule has 0 aliphatic carbocycles. The maximum atomic E-state index is 10.6. The van der Waals surface area contributed by atoms with Gasteiger partial charge in [0.2, 0.25) is 0 Å². The Labute approximate surface area is 119 Å². The van der Waals surface area contributed by atoms with Crippen LogP contribution < -0.4 is 11.2 Å². The third-order valence-electron chi connectivity index (χ3n) is 2.36. The van der Waals surface area contributed by atoms with Crippen molar-refractivity contribution in [2.24, 2.45) is 10.8 Å². The predicted molar refractivity (Wildman–Crippen MR) is 78.3 cm³/mol. The van der Waals surface area contributed by atoms with Crippen LogP contribution in [0.4, 0.5) is 5.69 Å². The monoisotopic (exact) mass is 290 g/mol. The van der Waals surface area contributed by atoms with Crippen LogP contribution >= 0.6 is 12.2 Å². The third-order valence-corrected chi connectivity index (χ3v) is 2.45. The maximum Gasteiger partial charge on any atom is 0.269 e. The second kappa shape index (κ2) is 5.93. The van der Waals surface area contributed by atoms with E-state index >= 15 is 0 Å². The molecule has 0 radical (unpaired) electrons. The van der Waals surface area contributed by atoms with Crippen molar-refractivity contribution in [2.45, 2.75) is 0 Å². The van der Waals surface area contributed by atoms with E-state index in [1.807, 2.05) is 0 Å². The molecule has 0 amide bonds. The third kappa shape index (κ3) is 3.39. The summed E-state index contributed by atoms with van der Waals surface area (Å²) in [6.45, 7) is 0. The quantitative estimate of drug-likeness (QED) is 0.386. The molecule has 8 heteroatoms. The van der Waals surface area contributed by atoms with Crippen LogP contribution in [0, 0.1) is 10.1 Å². The highest BCUT2D eigenvalue weighted by molar-refractivity contribution is 7.80. The van der Waals surface area contributed by atoms with Gasteiger partial charge in [0.05, 0.1) is 11.1 Å². The van der Waals surface area contributed by atoms with Gasteiger partial charge in [-0.05, 0) is 36.5 Å². The fourth-order valence-corrected chi connectivity index (χ4v) is 1.54. The van der Waals surface area contributed by atoms with Crippen LogP contribution in [0.25, 0.3) is 11.3 Å². The molecule has 1 aromatic carbocycles. The summed E-state index contributed by atoms with van der Waals surface area (Å²) in [5, 5.41) is 14.4. The first-order valence-electron chi connectivity index (χ1n) is 5.49. The highest BCUT2D eigenvalue weighted by atomic mass is 32.1. The van der Waals surface area contributed by atoms with E-state index in [0.717, 1.165) is 5.56 Å². The number of hydrogen-bond donors (Lipinski definition) is 2. The van der Waals surface area contributed by atoms with E-state index < -0.39 is 4.92 Å². The van der Waals surface area contributed by atoms with Gasteiger partial charge in [0.1, 0.15) is 11.5 Å². The first kappa shape index (κ1) is 13.7. The van der Waals surface area contributed by atoms with Crippen molar-refractivity contribution in [2.75, 3.05) is 0 Å². The number of furan rings is 1. The Morgan fingerprint density at radius 1 is 1.35 bits per heavy atom. The van der Waals surface area contributed by atoms with E-state index in [2.05, 4.69) is 22.7 Å². The zero-order valence-electron chi connectivity index (χ0n) is 10.1. The number of nitrogens with one attached hydrogen (secondary N) is 1. The van der Waals surface area contributed by atoms with Gasteiger partial charge in [0.15, 0.2) is 5.11 Å². The van der Waals surface area contributed by atoms with E-state index in [1.165, 1.54) is 18.3 Å². The van der Waals surface area contributed by atoms with Gasteiger partial charge in [-0.2, -0.15) is 5.10 Å². The Balaban J connectivity index is 2.14. The molecule has 0 aliphatic heterocycles. The molecule has 1 heterocycles. The minimum atomic E-state index is -0.453. The lowest BCUT2D eigenvalue weighted by molar-refractivity contribution is -0.384. The molecule has 20 heavy (non-hydrogen) atoms. The normalized spacial score (nSPS) is 10.6. The molecular formula is C12H10N4O3S. The Kier molecular flexibility index (Phi) is 4.06. The molecule has 0 atom stereocenters. The fraction of sp³-hybridized carbons (Fsp3) is 0. The summed E-state index contributed by atoms with van der Waals surface area (Å²) in [5.74, 6) is 1.08. The van der Waals surface area contributed by atoms with Gasteiger partial charge in [-0.25, -0.2) is 0 Å². The zero-order chi connectivity index (χ0) is 14.5. The summed E-state index contributed by atoms with van der Waals surface area (Å²) in [5.41, 5.74) is 8.38. The second-order valence-electron chi connectivity index (χ2n) is 3.74. The van der Waals surface area contributed by atoms with E-state index in [-0.39, 0.29) is 10.8 Å². The standard InChI is InChI=1S/C12H10N4O3S/c13-12(20)15-14-7-10-5-6-11(19-10)8-1-3-9(4-2-8)16(17)18/h1-7H,(H3,13,15,20)/b14-7-. The summed E-state index contributed by atoms with van der Waals surface area (Å²) in [7, 11) is 0. The minimum absolute atomic E-state index is 0.0303. The number of hydrogen-bond acceptors (Lipinski definition) is 5. The maximum absolute atomic E-state index is 10.6. The van der Waals surface area contributed by atoms with E-state index in [0.29, 0.717) is 11.5 Å². The molecule has 1 aromatic heterocycles. The Morgan fingerprint density at radius 2 is 2.05 bits per heavy atom. The van der Waals surface area contributed by atoms with Crippen LogP contribution in [0.2, 0.25) is 0 Å². The summed E-state index contributed by atoms with van der Waals surface area (Å²) >= 11 is 4.59. The predicted octanol–water partition coefficient (Wildman–Crippen LogP) is 2.02. The molecule has 0 fully saturated rings. The van der Waals surface area contributed by atoms with Gasteiger partial charge in [-0.3, -0.25) is 15.5 Å². The van der Waals surface area contributed by atoms with Crippen molar-refractivity contribution >= 4 is 29.2 Å². The summed E-state index contributed by atoms with van der Waals surface area (Å²) < 4.78 is 5.51. The highest BCUT2D eigenvalue weighted by Gasteiger charge is 2.07. The van der Waals surface area contributed by atoms with Crippen molar-refractivity contribution < 1.29 is 9.34 Å². The van der Waals surface area contributed by atoms with Crippen molar-refractivity contribution in [3.63, 3.8) is 0 Å². The highest BCUT2D eigenvalue weighted by Crippen LogP contribution is 2.23. The Hall–Kier alpha value is -2.74. The molecule has 0 spiro atoms. The van der Waals surface area contributed by atoms with Crippen molar-refractivity contribution in [3.8, 4) is 11.3 Å². The Bertz CT molecular complexity index is 664. The SMILES string of the molecule is NC(=S)N/N=C\c1ccc(-c2ccc([N+](=O)[O-])cc2)o1. The first-order valence-corrected chi connectivity index (χ1v) is 5.90. The van der Waals surface area contributed by atoms with Crippen LogP contribution in [0.3, 0.4) is 0 Å². The van der Waals surface area contributed by atoms with Crippen LogP contribution in [0.1, 0.15) is 5.76 Å². The second-order valence-corrected chi connectivity index (χ2v) is 4.18. The van der Waals surface area contributed by atoms with Crippen LogP contribution in [0.5, 0.6) is 0 Å². The molecule has 0 bridgehead atoms. The number of thiocarbonyl (C=S) groups is 1. The molecule has 2 rings (SSSR count). The van der Waals surface area contributed by atoms with Gasteiger partial charge in [0, 0.05) is 17.7 Å². The lowest BCUT2D eigenvalue weighted by Gasteiger charge is -1.96. The molecule has 7 nitrogen and oxygen atoms in total. The smallest absolute Gasteiger partial charge is 0.269 e. The molecule has 0 saturated carbocycles. The van der Waals surface area contributed by atoms with Crippen molar-refractivity contribution in [1.82, 2.24) is 5.43 Å². The molecule has 102 valence electrons. The van der Waals surface area contributed by atoms with Crippen molar-refractivity contribution in [1.29, 1.82) is 0 Å². The average molecular weight is 290 g/mol. The molecular weight excluding hydrogens is 280 g/mol. The molecule has 0 saturated heterocycles. The molecule has 0 aliphatic rings. The minimum Gasteiger partial charge on any atom is -0.455 e. The van der Waals surface area contributed by atoms with E-state index in [9.17, 15) is 10.1 Å². The lowest BCUT2D eigenvalue weighted by Crippen LogP contribution is -2.23. The fourth-order valence-electron chi connectivity index (χ4n) is 1.48. The van der Waals surface area contributed by atoms with Gasteiger partial charge in [-0.1, -0.05) is 0 Å². The Morgan fingerprint density at radius 3 is 2.65 bits per heavy atom. The summed E-state index contributed by atoms with van der Waals surface area (Å²) in [6, 6.07) is 9.52. The number of nitro groups is 1. The molecule has 3 N–H and O–H groups in total. The summed E-state index contributed by atoms with van der Waals surface area (Å²) in [4.78, 5) is 10.1. The topological polar surface area (TPSA) is 107 Å². The van der Waals surface area contributed by atoms with E-state index in [4.69, 9.17) is 10.2 Å². The van der Waals surface area contributed by atoms with Gasteiger partial charge >= 0.3 is 0 Å². The lowest BCUT2D eigenvalue weighted by atomic mass is 10.1. The van der Waals surface area contributed by atoms with Crippen LogP contribution in [-0.4, -0.2) is 16.3 Å². The van der Waals surface area contributed by atoms with Gasteiger partial charge in [-0.15, -0.1) is 0 Å². The summed E-state index contributed by atoms with van der Waals surface area (Å²) in [6.07, 6.45) is 1.42. The number of benzene rings is 1. The largest absolute Gasteiger partial charge is 0.455 e. The number of nitrogens with two attached hydrogens (primary N) is 1.